The van der Waals surface area contributed by atoms with E-state index in [-0.39, 0.29) is 5.95 Å². The largest absolute Gasteiger partial charge is 0.481 e. The van der Waals surface area contributed by atoms with E-state index in [9.17, 15) is 0 Å². The van der Waals surface area contributed by atoms with Crippen LogP contribution in [0.2, 0.25) is 0 Å². The average molecular weight is 244 g/mol. The number of ether oxygens (including phenoxy) is 1. The molecule has 0 unspecified atom stereocenters. The fourth-order valence-corrected chi connectivity index (χ4v) is 1.77. The second-order valence-corrected chi connectivity index (χ2v) is 3.97. The van der Waals surface area contributed by atoms with Gasteiger partial charge >= 0.3 is 0 Å². The second-order valence-electron chi connectivity index (χ2n) is 3.97. The Balaban J connectivity index is 2.43. The first-order valence-corrected chi connectivity index (χ1v) is 5.59. The summed E-state index contributed by atoms with van der Waals surface area (Å²) >= 11 is 0. The van der Waals surface area contributed by atoms with E-state index in [1.807, 2.05) is 43.1 Å². The van der Waals surface area contributed by atoms with E-state index in [0.29, 0.717) is 11.7 Å². The van der Waals surface area contributed by atoms with E-state index in [1.54, 1.807) is 13.2 Å². The summed E-state index contributed by atoms with van der Waals surface area (Å²) in [5, 5.41) is 0. The van der Waals surface area contributed by atoms with Crippen molar-refractivity contribution >= 4 is 17.5 Å². The van der Waals surface area contributed by atoms with Crippen LogP contribution >= 0.6 is 0 Å². The second kappa shape index (κ2) is 4.91. The highest BCUT2D eigenvalue weighted by Gasteiger charge is 2.10. The smallest absolute Gasteiger partial charge is 0.225 e. The summed E-state index contributed by atoms with van der Waals surface area (Å²) < 4.78 is 5.09. The highest BCUT2D eigenvalue weighted by molar-refractivity contribution is 5.64. The van der Waals surface area contributed by atoms with Crippen LogP contribution in [0.3, 0.4) is 0 Å². The van der Waals surface area contributed by atoms with Gasteiger partial charge in [0, 0.05) is 18.8 Å². The number of nitrogen functional groups attached to an aromatic ring is 1. The number of benzene rings is 1. The number of anilines is 3. The Morgan fingerprint density at radius 3 is 2.61 bits per heavy atom. The topological polar surface area (TPSA) is 64.3 Å². The van der Waals surface area contributed by atoms with Crippen molar-refractivity contribution in [2.24, 2.45) is 0 Å². The van der Waals surface area contributed by atoms with Crippen LogP contribution in [0.4, 0.5) is 17.5 Å². The van der Waals surface area contributed by atoms with Crippen molar-refractivity contribution < 1.29 is 4.74 Å². The molecular formula is C13H16N4O. The normalized spacial score (nSPS) is 10.2. The number of rotatable bonds is 3. The maximum atomic E-state index is 5.66. The van der Waals surface area contributed by atoms with Gasteiger partial charge < -0.3 is 15.4 Å². The third kappa shape index (κ3) is 2.34. The summed E-state index contributed by atoms with van der Waals surface area (Å²) in [4.78, 5) is 10.1. The molecule has 0 saturated carbocycles. The number of aryl methyl sites for hydroxylation is 1. The quantitative estimate of drug-likeness (QED) is 0.896. The van der Waals surface area contributed by atoms with Gasteiger partial charge in [0.15, 0.2) is 0 Å². The van der Waals surface area contributed by atoms with Gasteiger partial charge in [0.05, 0.1) is 7.11 Å². The summed E-state index contributed by atoms with van der Waals surface area (Å²) in [7, 11) is 3.49. The molecule has 94 valence electrons. The molecule has 0 atom stereocenters. The Labute approximate surface area is 106 Å². The number of hydrogen-bond donors (Lipinski definition) is 1. The minimum atomic E-state index is 0.199. The van der Waals surface area contributed by atoms with Crippen LogP contribution in [-0.4, -0.2) is 24.1 Å². The van der Waals surface area contributed by atoms with Gasteiger partial charge in [-0.2, -0.15) is 9.97 Å². The zero-order valence-corrected chi connectivity index (χ0v) is 10.7. The molecular weight excluding hydrogens is 228 g/mol. The molecule has 1 aromatic carbocycles. The van der Waals surface area contributed by atoms with E-state index < -0.39 is 0 Å². The van der Waals surface area contributed by atoms with Crippen LogP contribution in [0.5, 0.6) is 5.88 Å². The molecule has 1 heterocycles. The maximum Gasteiger partial charge on any atom is 0.225 e. The van der Waals surface area contributed by atoms with Crippen molar-refractivity contribution in [2.45, 2.75) is 6.92 Å². The lowest BCUT2D eigenvalue weighted by Crippen LogP contribution is -2.14. The third-order valence-corrected chi connectivity index (χ3v) is 2.74. The molecule has 0 amide bonds. The Morgan fingerprint density at radius 1 is 1.22 bits per heavy atom. The van der Waals surface area contributed by atoms with Crippen LogP contribution < -0.4 is 15.4 Å². The molecule has 5 heteroatoms. The van der Waals surface area contributed by atoms with Crippen molar-refractivity contribution in [3.05, 3.63) is 35.9 Å². The Kier molecular flexibility index (Phi) is 3.32. The molecule has 0 aliphatic carbocycles. The van der Waals surface area contributed by atoms with Crippen molar-refractivity contribution in [2.75, 3.05) is 24.8 Å². The molecule has 0 spiro atoms. The molecule has 0 aliphatic heterocycles. The molecule has 5 nitrogen and oxygen atoms in total. The molecule has 1 aromatic heterocycles. The lowest BCUT2D eigenvalue weighted by atomic mass is 10.2. The first-order chi connectivity index (χ1) is 8.61. The zero-order valence-electron chi connectivity index (χ0n) is 10.7. The standard InChI is InChI=1S/C13H16N4O/c1-9-6-4-5-7-10(9)17(2)11-8-12(18-3)16-13(14)15-11/h4-8H,1-3H3,(H2,14,15,16). The van der Waals surface area contributed by atoms with Gasteiger partial charge in [-0.1, -0.05) is 18.2 Å². The van der Waals surface area contributed by atoms with E-state index >= 15 is 0 Å². The molecule has 0 bridgehead atoms. The van der Waals surface area contributed by atoms with Crippen LogP contribution in [0.25, 0.3) is 0 Å². The zero-order chi connectivity index (χ0) is 13.1. The minimum Gasteiger partial charge on any atom is -0.481 e. The van der Waals surface area contributed by atoms with Crippen LogP contribution in [-0.2, 0) is 0 Å². The molecule has 2 rings (SSSR count). The molecule has 0 saturated heterocycles. The number of methoxy groups -OCH3 is 1. The Morgan fingerprint density at radius 2 is 1.94 bits per heavy atom. The molecule has 2 N–H and O–H groups in total. The number of nitrogens with zero attached hydrogens (tertiary/aromatic N) is 3. The van der Waals surface area contributed by atoms with E-state index in [2.05, 4.69) is 9.97 Å². The lowest BCUT2D eigenvalue weighted by Gasteiger charge is -2.20. The number of hydrogen-bond acceptors (Lipinski definition) is 5. The van der Waals surface area contributed by atoms with E-state index in [1.165, 1.54) is 0 Å². The molecule has 0 aliphatic rings. The molecule has 0 fully saturated rings. The number of aromatic nitrogens is 2. The fourth-order valence-electron chi connectivity index (χ4n) is 1.77. The predicted molar refractivity (Wildman–Crippen MR) is 72.2 cm³/mol. The first-order valence-electron chi connectivity index (χ1n) is 5.59. The van der Waals surface area contributed by atoms with Crippen LogP contribution in [0.1, 0.15) is 5.56 Å². The summed E-state index contributed by atoms with van der Waals surface area (Å²) in [6.07, 6.45) is 0. The van der Waals surface area contributed by atoms with Gasteiger partial charge in [-0.15, -0.1) is 0 Å². The predicted octanol–water partition coefficient (Wildman–Crippen LogP) is 2.14. The van der Waals surface area contributed by atoms with Gasteiger partial charge in [0.25, 0.3) is 0 Å². The monoisotopic (exact) mass is 244 g/mol. The number of para-hydroxylation sites is 1. The summed E-state index contributed by atoms with van der Waals surface area (Å²) in [6.45, 7) is 2.05. The average Bonchev–Trinajstić information content (AvgIpc) is 2.37. The summed E-state index contributed by atoms with van der Waals surface area (Å²) in [5.41, 5.74) is 7.89. The number of nitrogens with two attached hydrogens (primary N) is 1. The lowest BCUT2D eigenvalue weighted by molar-refractivity contribution is 0.398. The first kappa shape index (κ1) is 12.2. The van der Waals surface area contributed by atoms with E-state index in [0.717, 1.165) is 11.3 Å². The Hall–Kier alpha value is -2.30. The van der Waals surface area contributed by atoms with Crippen LogP contribution in [0.15, 0.2) is 30.3 Å². The summed E-state index contributed by atoms with van der Waals surface area (Å²) in [5.74, 6) is 1.36. The Bertz CT molecular complexity index is 556. The van der Waals surface area contributed by atoms with Crippen molar-refractivity contribution in [3.8, 4) is 5.88 Å². The third-order valence-electron chi connectivity index (χ3n) is 2.74. The van der Waals surface area contributed by atoms with E-state index in [4.69, 9.17) is 10.5 Å². The van der Waals surface area contributed by atoms with Gasteiger partial charge in [0.1, 0.15) is 5.82 Å². The summed E-state index contributed by atoms with van der Waals surface area (Å²) in [6, 6.07) is 9.82. The van der Waals surface area contributed by atoms with Crippen molar-refractivity contribution in [3.63, 3.8) is 0 Å². The van der Waals surface area contributed by atoms with Gasteiger partial charge in [-0.25, -0.2) is 0 Å². The fraction of sp³-hybridized carbons (Fsp3) is 0.231. The highest BCUT2D eigenvalue weighted by Crippen LogP contribution is 2.27. The molecule has 2 aromatic rings. The van der Waals surface area contributed by atoms with Gasteiger partial charge in [-0.3, -0.25) is 0 Å². The highest BCUT2D eigenvalue weighted by atomic mass is 16.5. The minimum absolute atomic E-state index is 0.199. The van der Waals surface area contributed by atoms with Gasteiger partial charge in [-0.05, 0) is 18.6 Å². The van der Waals surface area contributed by atoms with Crippen molar-refractivity contribution in [1.29, 1.82) is 0 Å². The molecule has 18 heavy (non-hydrogen) atoms. The van der Waals surface area contributed by atoms with Crippen LogP contribution in [0, 0.1) is 6.92 Å². The van der Waals surface area contributed by atoms with Crippen molar-refractivity contribution in [1.82, 2.24) is 9.97 Å². The SMILES string of the molecule is COc1cc(N(C)c2ccccc2C)nc(N)n1. The molecule has 0 radical (unpaired) electrons. The van der Waals surface area contributed by atoms with Gasteiger partial charge in [0.2, 0.25) is 11.8 Å². The maximum absolute atomic E-state index is 5.66.